The largest absolute Gasteiger partial charge is 0.361 e. The second kappa shape index (κ2) is 6.30. The van der Waals surface area contributed by atoms with Gasteiger partial charge in [-0.1, -0.05) is 28.9 Å². The highest BCUT2D eigenvalue weighted by Crippen LogP contribution is 2.28. The molecule has 0 aliphatic heterocycles. The number of aromatic nitrogens is 1. The van der Waals surface area contributed by atoms with Gasteiger partial charge >= 0.3 is 0 Å². The summed E-state index contributed by atoms with van der Waals surface area (Å²) in [6, 6.07) is 13.1. The Morgan fingerprint density at radius 1 is 1.00 bits per heavy atom. The van der Waals surface area contributed by atoms with E-state index in [9.17, 15) is 8.42 Å². The molecule has 1 heterocycles. The number of nitrogens with zero attached hydrogens (tertiary/aromatic N) is 1. The molecule has 3 aromatic rings. The van der Waals surface area contributed by atoms with Crippen LogP contribution in [-0.4, -0.2) is 13.6 Å². The number of rotatable bonds is 4. The summed E-state index contributed by atoms with van der Waals surface area (Å²) in [6.45, 7) is 3.70. The maximum Gasteiger partial charge on any atom is 0.261 e. The van der Waals surface area contributed by atoms with E-state index in [4.69, 9.17) is 16.1 Å². The van der Waals surface area contributed by atoms with Crippen LogP contribution in [0.3, 0.4) is 0 Å². The first-order valence-corrected chi connectivity index (χ1v) is 9.04. The molecule has 0 aliphatic carbocycles. The first-order chi connectivity index (χ1) is 11.4. The maximum atomic E-state index is 12.4. The molecule has 0 spiro atoms. The average molecular weight is 363 g/mol. The van der Waals surface area contributed by atoms with Crippen molar-refractivity contribution in [2.45, 2.75) is 18.7 Å². The Balaban J connectivity index is 1.85. The molecule has 0 radical (unpaired) electrons. The summed E-state index contributed by atoms with van der Waals surface area (Å²) in [7, 11) is -3.65. The summed E-state index contributed by atoms with van der Waals surface area (Å²) in [6.07, 6.45) is 0. The molecule has 0 saturated carbocycles. The lowest BCUT2D eigenvalue weighted by atomic mass is 10.0. The number of nitrogens with one attached hydrogen (secondary N) is 1. The van der Waals surface area contributed by atoms with E-state index in [0.717, 1.165) is 22.6 Å². The van der Waals surface area contributed by atoms with Gasteiger partial charge in [0.2, 0.25) is 0 Å². The quantitative estimate of drug-likeness (QED) is 0.746. The summed E-state index contributed by atoms with van der Waals surface area (Å²) in [5.74, 6) is 0.724. The minimum atomic E-state index is -3.65. The molecule has 0 atom stereocenters. The first kappa shape index (κ1) is 16.5. The second-order valence-corrected chi connectivity index (χ2v) is 7.45. The Hall–Kier alpha value is -2.31. The highest BCUT2D eigenvalue weighted by Gasteiger charge is 2.15. The van der Waals surface area contributed by atoms with Crippen LogP contribution in [0, 0.1) is 13.8 Å². The Labute approximate surface area is 145 Å². The summed E-state index contributed by atoms with van der Waals surface area (Å²) in [4.78, 5) is 0.154. The molecular formula is C17H15ClN2O3S. The van der Waals surface area contributed by atoms with E-state index in [1.807, 2.05) is 26.0 Å². The lowest BCUT2D eigenvalue weighted by molar-refractivity contribution is 0.393. The molecule has 7 heteroatoms. The van der Waals surface area contributed by atoms with Gasteiger partial charge in [0.05, 0.1) is 10.6 Å². The van der Waals surface area contributed by atoms with Crippen LogP contribution in [0.5, 0.6) is 0 Å². The number of hydrogen-bond donors (Lipinski definition) is 1. The topological polar surface area (TPSA) is 72.2 Å². The van der Waals surface area contributed by atoms with Gasteiger partial charge in [-0.25, -0.2) is 8.42 Å². The smallest absolute Gasteiger partial charge is 0.261 e. The van der Waals surface area contributed by atoms with Gasteiger partial charge in [0.1, 0.15) is 5.76 Å². The number of hydrogen-bond acceptors (Lipinski definition) is 4. The van der Waals surface area contributed by atoms with Gasteiger partial charge < -0.3 is 4.52 Å². The predicted octanol–water partition coefficient (Wildman–Crippen LogP) is 4.41. The Bertz CT molecular complexity index is 943. The molecule has 0 fully saturated rings. The van der Waals surface area contributed by atoms with Gasteiger partial charge in [-0.2, -0.15) is 0 Å². The van der Waals surface area contributed by atoms with Crippen LogP contribution in [0.2, 0.25) is 5.02 Å². The lowest BCUT2D eigenvalue weighted by Gasteiger charge is -2.09. The van der Waals surface area contributed by atoms with Gasteiger partial charge in [-0.3, -0.25) is 4.72 Å². The van der Waals surface area contributed by atoms with Crippen LogP contribution in [-0.2, 0) is 10.0 Å². The Morgan fingerprint density at radius 3 is 2.17 bits per heavy atom. The van der Waals surface area contributed by atoms with Crippen molar-refractivity contribution in [2.24, 2.45) is 0 Å². The monoisotopic (exact) mass is 362 g/mol. The van der Waals surface area contributed by atoms with Gasteiger partial charge in [0.15, 0.2) is 0 Å². The molecule has 0 unspecified atom stereocenters. The zero-order valence-corrected chi connectivity index (χ0v) is 14.6. The van der Waals surface area contributed by atoms with Crippen molar-refractivity contribution >= 4 is 27.3 Å². The number of halogens is 1. The SMILES string of the molecule is Cc1noc(C)c1-c1ccc(NS(=O)(=O)c2ccc(Cl)cc2)cc1. The van der Waals surface area contributed by atoms with Crippen LogP contribution >= 0.6 is 11.6 Å². The summed E-state index contributed by atoms with van der Waals surface area (Å²) in [5.41, 5.74) is 3.10. The summed E-state index contributed by atoms with van der Waals surface area (Å²) < 4.78 is 32.4. The van der Waals surface area contributed by atoms with Crippen molar-refractivity contribution in [3.8, 4) is 11.1 Å². The van der Waals surface area contributed by atoms with E-state index < -0.39 is 10.0 Å². The van der Waals surface area contributed by atoms with Crippen molar-refractivity contribution < 1.29 is 12.9 Å². The van der Waals surface area contributed by atoms with Crippen molar-refractivity contribution in [2.75, 3.05) is 4.72 Å². The van der Waals surface area contributed by atoms with Crippen LogP contribution in [0.4, 0.5) is 5.69 Å². The van der Waals surface area contributed by atoms with Crippen molar-refractivity contribution in [1.82, 2.24) is 5.16 Å². The van der Waals surface area contributed by atoms with Gasteiger partial charge in [0.25, 0.3) is 10.0 Å². The molecule has 1 N–H and O–H groups in total. The van der Waals surface area contributed by atoms with Gasteiger partial charge in [0, 0.05) is 16.3 Å². The van der Waals surface area contributed by atoms with E-state index in [0.29, 0.717) is 10.7 Å². The first-order valence-electron chi connectivity index (χ1n) is 7.18. The molecule has 0 saturated heterocycles. The van der Waals surface area contributed by atoms with Crippen LogP contribution in [0.15, 0.2) is 57.9 Å². The van der Waals surface area contributed by atoms with Gasteiger partial charge in [-0.05, 0) is 55.8 Å². The number of aryl methyl sites for hydroxylation is 2. The predicted molar refractivity (Wildman–Crippen MR) is 93.7 cm³/mol. The average Bonchev–Trinajstić information content (AvgIpc) is 2.87. The number of anilines is 1. The summed E-state index contributed by atoms with van der Waals surface area (Å²) >= 11 is 5.79. The van der Waals surface area contributed by atoms with Crippen molar-refractivity contribution in [3.05, 3.63) is 65.0 Å². The maximum absolute atomic E-state index is 12.4. The zero-order chi connectivity index (χ0) is 17.3. The van der Waals surface area contributed by atoms with E-state index in [2.05, 4.69) is 9.88 Å². The Kier molecular flexibility index (Phi) is 4.34. The molecule has 0 aliphatic rings. The van der Waals surface area contributed by atoms with Gasteiger partial charge in [-0.15, -0.1) is 0 Å². The fraction of sp³-hybridized carbons (Fsp3) is 0.118. The molecule has 2 aromatic carbocycles. The second-order valence-electron chi connectivity index (χ2n) is 5.34. The number of benzene rings is 2. The molecule has 0 amide bonds. The van der Waals surface area contributed by atoms with Crippen LogP contribution < -0.4 is 4.72 Å². The fourth-order valence-corrected chi connectivity index (χ4v) is 3.61. The standard InChI is InChI=1S/C17H15ClN2O3S/c1-11-17(12(2)23-19-11)13-3-7-15(8-4-13)20-24(21,22)16-9-5-14(18)6-10-16/h3-10,20H,1-2H3. The lowest BCUT2D eigenvalue weighted by Crippen LogP contribution is -2.12. The van der Waals surface area contributed by atoms with E-state index in [1.54, 1.807) is 12.1 Å². The molecule has 124 valence electrons. The third kappa shape index (κ3) is 3.29. The van der Waals surface area contributed by atoms with Crippen LogP contribution in [0.25, 0.3) is 11.1 Å². The van der Waals surface area contributed by atoms with Crippen molar-refractivity contribution in [1.29, 1.82) is 0 Å². The minimum Gasteiger partial charge on any atom is -0.361 e. The molecule has 24 heavy (non-hydrogen) atoms. The highest BCUT2D eigenvalue weighted by molar-refractivity contribution is 7.92. The highest BCUT2D eigenvalue weighted by atomic mass is 35.5. The minimum absolute atomic E-state index is 0.154. The summed E-state index contributed by atoms with van der Waals surface area (Å²) in [5, 5.41) is 4.41. The van der Waals surface area contributed by atoms with E-state index in [1.165, 1.54) is 24.3 Å². The fourth-order valence-electron chi connectivity index (χ4n) is 2.43. The molecule has 1 aromatic heterocycles. The van der Waals surface area contributed by atoms with E-state index >= 15 is 0 Å². The molecule has 0 bridgehead atoms. The Morgan fingerprint density at radius 2 is 1.62 bits per heavy atom. The third-order valence-electron chi connectivity index (χ3n) is 3.58. The third-order valence-corrected chi connectivity index (χ3v) is 5.23. The zero-order valence-electron chi connectivity index (χ0n) is 13.1. The molecule has 5 nitrogen and oxygen atoms in total. The van der Waals surface area contributed by atoms with Crippen molar-refractivity contribution in [3.63, 3.8) is 0 Å². The van der Waals surface area contributed by atoms with E-state index in [-0.39, 0.29) is 4.90 Å². The van der Waals surface area contributed by atoms with Crippen LogP contribution in [0.1, 0.15) is 11.5 Å². The molecular weight excluding hydrogens is 348 g/mol. The number of sulfonamides is 1. The molecule has 3 rings (SSSR count). The normalized spacial score (nSPS) is 11.5.